The fraction of sp³-hybridized carbons (Fsp3) is 0.875. The molecule has 0 aliphatic carbocycles. The van der Waals surface area contributed by atoms with E-state index in [1.807, 2.05) is 4.90 Å². The lowest BCUT2D eigenvalue weighted by Crippen LogP contribution is -2.41. The molecular formula is C8H15NO3. The van der Waals surface area contributed by atoms with Crippen LogP contribution in [-0.4, -0.2) is 48.8 Å². The molecule has 1 aliphatic heterocycles. The number of carboxylic acid groups (broad SMARTS) is 1. The normalized spacial score (nSPS) is 25.6. The molecule has 70 valence electrons. The summed E-state index contributed by atoms with van der Waals surface area (Å²) in [6.07, 6.45) is 2.30. The third-order valence-electron chi connectivity index (χ3n) is 2.15. The highest BCUT2D eigenvalue weighted by Gasteiger charge is 2.20. The van der Waals surface area contributed by atoms with Crippen molar-refractivity contribution >= 4 is 5.97 Å². The fourth-order valence-corrected chi connectivity index (χ4v) is 1.54. The number of nitrogens with zero attached hydrogens (tertiary/aromatic N) is 1. The van der Waals surface area contributed by atoms with Crippen molar-refractivity contribution in [3.8, 4) is 0 Å². The minimum Gasteiger partial charge on any atom is -0.480 e. The number of carbonyl (C=O) groups is 1. The summed E-state index contributed by atoms with van der Waals surface area (Å²) in [5.74, 6) is -0.758. The maximum Gasteiger partial charge on any atom is 0.317 e. The van der Waals surface area contributed by atoms with Gasteiger partial charge in [-0.3, -0.25) is 9.69 Å². The van der Waals surface area contributed by atoms with Gasteiger partial charge in [-0.15, -0.1) is 0 Å². The smallest absolute Gasteiger partial charge is 0.317 e. The number of piperidine rings is 1. The minimum atomic E-state index is -0.758. The average molecular weight is 173 g/mol. The van der Waals surface area contributed by atoms with Crippen molar-refractivity contribution in [2.45, 2.75) is 18.9 Å². The van der Waals surface area contributed by atoms with Crippen LogP contribution >= 0.6 is 0 Å². The molecule has 0 aromatic rings. The first-order chi connectivity index (χ1) is 5.72. The molecule has 1 unspecified atom stereocenters. The van der Waals surface area contributed by atoms with Crippen molar-refractivity contribution in [1.82, 2.24) is 4.90 Å². The van der Waals surface area contributed by atoms with Gasteiger partial charge in [0.1, 0.15) is 0 Å². The number of hydrogen-bond acceptors (Lipinski definition) is 3. The first-order valence-corrected chi connectivity index (χ1v) is 4.19. The monoisotopic (exact) mass is 173 g/mol. The van der Waals surface area contributed by atoms with E-state index in [9.17, 15) is 4.79 Å². The SMILES string of the molecule is COC1CCCN(CC(=O)O)C1. The summed E-state index contributed by atoms with van der Waals surface area (Å²) in [5.41, 5.74) is 0. The number of methoxy groups -OCH3 is 1. The Morgan fingerprint density at radius 3 is 3.08 bits per heavy atom. The summed E-state index contributed by atoms with van der Waals surface area (Å²) in [6, 6.07) is 0. The van der Waals surface area contributed by atoms with Crippen LogP contribution in [0.3, 0.4) is 0 Å². The van der Waals surface area contributed by atoms with Crippen molar-refractivity contribution in [2.75, 3.05) is 26.7 Å². The Bertz CT molecular complexity index is 160. The second-order valence-corrected chi connectivity index (χ2v) is 3.13. The van der Waals surface area contributed by atoms with E-state index in [2.05, 4.69) is 0 Å². The first kappa shape index (κ1) is 9.48. The van der Waals surface area contributed by atoms with Gasteiger partial charge in [-0.05, 0) is 19.4 Å². The summed E-state index contributed by atoms with van der Waals surface area (Å²) in [4.78, 5) is 12.3. The number of hydrogen-bond donors (Lipinski definition) is 1. The van der Waals surface area contributed by atoms with E-state index in [0.29, 0.717) is 0 Å². The Hall–Kier alpha value is -0.610. The molecule has 1 fully saturated rings. The molecular weight excluding hydrogens is 158 g/mol. The van der Waals surface area contributed by atoms with Gasteiger partial charge >= 0.3 is 5.97 Å². The van der Waals surface area contributed by atoms with Gasteiger partial charge < -0.3 is 9.84 Å². The van der Waals surface area contributed by atoms with Gasteiger partial charge in [-0.25, -0.2) is 0 Å². The highest BCUT2D eigenvalue weighted by molar-refractivity contribution is 5.69. The van der Waals surface area contributed by atoms with Gasteiger partial charge in [0.15, 0.2) is 0 Å². The van der Waals surface area contributed by atoms with Crippen LogP contribution in [0.4, 0.5) is 0 Å². The molecule has 1 aliphatic rings. The van der Waals surface area contributed by atoms with Crippen LogP contribution in [0.2, 0.25) is 0 Å². The minimum absolute atomic E-state index is 0.139. The molecule has 0 radical (unpaired) electrons. The Morgan fingerprint density at radius 2 is 2.50 bits per heavy atom. The van der Waals surface area contributed by atoms with Gasteiger partial charge in [0.25, 0.3) is 0 Å². The largest absolute Gasteiger partial charge is 0.480 e. The van der Waals surface area contributed by atoms with Crippen LogP contribution < -0.4 is 0 Å². The van der Waals surface area contributed by atoms with Crippen LogP contribution in [0, 0.1) is 0 Å². The van der Waals surface area contributed by atoms with Crippen LogP contribution in [0.1, 0.15) is 12.8 Å². The zero-order valence-electron chi connectivity index (χ0n) is 7.32. The molecule has 12 heavy (non-hydrogen) atoms. The zero-order valence-corrected chi connectivity index (χ0v) is 7.32. The van der Waals surface area contributed by atoms with Crippen molar-refractivity contribution in [3.05, 3.63) is 0 Å². The predicted octanol–water partition coefficient (Wildman–Crippen LogP) is 0.182. The molecule has 4 nitrogen and oxygen atoms in total. The van der Waals surface area contributed by atoms with E-state index in [4.69, 9.17) is 9.84 Å². The summed E-state index contributed by atoms with van der Waals surface area (Å²) in [6.45, 7) is 1.77. The first-order valence-electron chi connectivity index (χ1n) is 4.19. The van der Waals surface area contributed by atoms with Crippen molar-refractivity contribution in [1.29, 1.82) is 0 Å². The van der Waals surface area contributed by atoms with Crippen molar-refractivity contribution < 1.29 is 14.6 Å². The highest BCUT2D eigenvalue weighted by Crippen LogP contribution is 2.11. The lowest BCUT2D eigenvalue weighted by molar-refractivity contribution is -0.139. The van der Waals surface area contributed by atoms with Crippen LogP contribution in [0.15, 0.2) is 0 Å². The third-order valence-corrected chi connectivity index (χ3v) is 2.15. The Balaban J connectivity index is 2.30. The lowest BCUT2D eigenvalue weighted by Gasteiger charge is -2.30. The van der Waals surface area contributed by atoms with Crippen LogP contribution in [0.5, 0.6) is 0 Å². The maximum absolute atomic E-state index is 10.4. The molecule has 1 atom stereocenters. The second kappa shape index (κ2) is 4.42. The zero-order chi connectivity index (χ0) is 8.97. The number of ether oxygens (including phenoxy) is 1. The van der Waals surface area contributed by atoms with Gasteiger partial charge in [-0.2, -0.15) is 0 Å². The molecule has 0 aromatic carbocycles. The lowest BCUT2D eigenvalue weighted by atomic mass is 10.1. The molecule has 0 spiro atoms. The van der Waals surface area contributed by atoms with E-state index in [1.54, 1.807) is 7.11 Å². The van der Waals surface area contributed by atoms with Gasteiger partial charge in [0.05, 0.1) is 12.6 Å². The van der Waals surface area contributed by atoms with Crippen molar-refractivity contribution in [3.63, 3.8) is 0 Å². The summed E-state index contributed by atoms with van der Waals surface area (Å²) in [7, 11) is 1.68. The molecule has 0 amide bonds. The Kier molecular flexibility index (Phi) is 3.49. The standard InChI is InChI=1S/C8H15NO3/c1-12-7-3-2-4-9(5-7)6-8(10)11/h7H,2-6H2,1H3,(H,10,11). The highest BCUT2D eigenvalue weighted by atomic mass is 16.5. The summed E-state index contributed by atoms with van der Waals surface area (Å²) in [5, 5.41) is 8.54. The number of likely N-dealkylation sites (tertiary alicyclic amines) is 1. The van der Waals surface area contributed by atoms with E-state index in [0.717, 1.165) is 25.9 Å². The molecule has 1 heterocycles. The molecule has 1 rings (SSSR count). The molecule has 0 bridgehead atoms. The summed E-state index contributed by atoms with van der Waals surface area (Å²) >= 11 is 0. The molecule has 1 saturated heterocycles. The Morgan fingerprint density at radius 1 is 1.75 bits per heavy atom. The van der Waals surface area contributed by atoms with Gasteiger partial charge in [-0.1, -0.05) is 0 Å². The fourth-order valence-electron chi connectivity index (χ4n) is 1.54. The number of aliphatic carboxylic acids is 1. The van der Waals surface area contributed by atoms with E-state index in [-0.39, 0.29) is 12.6 Å². The van der Waals surface area contributed by atoms with E-state index < -0.39 is 5.97 Å². The topological polar surface area (TPSA) is 49.8 Å². The van der Waals surface area contributed by atoms with Crippen LogP contribution in [0.25, 0.3) is 0 Å². The number of carboxylic acids is 1. The van der Waals surface area contributed by atoms with E-state index in [1.165, 1.54) is 0 Å². The van der Waals surface area contributed by atoms with Crippen LogP contribution in [-0.2, 0) is 9.53 Å². The molecule has 0 saturated carbocycles. The molecule has 1 N–H and O–H groups in total. The predicted molar refractivity (Wildman–Crippen MR) is 44.1 cm³/mol. The maximum atomic E-state index is 10.4. The average Bonchev–Trinajstić information content (AvgIpc) is 2.03. The molecule has 0 aromatic heterocycles. The van der Waals surface area contributed by atoms with E-state index >= 15 is 0 Å². The van der Waals surface area contributed by atoms with Crippen molar-refractivity contribution in [2.24, 2.45) is 0 Å². The molecule has 4 heteroatoms. The summed E-state index contributed by atoms with van der Waals surface area (Å²) < 4.78 is 5.17. The third kappa shape index (κ3) is 2.79. The van der Waals surface area contributed by atoms with Gasteiger partial charge in [0.2, 0.25) is 0 Å². The quantitative estimate of drug-likeness (QED) is 0.661. The second-order valence-electron chi connectivity index (χ2n) is 3.13. The Labute approximate surface area is 72.1 Å². The number of rotatable bonds is 3. The van der Waals surface area contributed by atoms with Gasteiger partial charge in [0, 0.05) is 13.7 Å².